The highest BCUT2D eigenvalue weighted by molar-refractivity contribution is 9.10. The largest absolute Gasteiger partial charge is 0.444 e. The van der Waals surface area contributed by atoms with Gasteiger partial charge in [0.2, 0.25) is 0 Å². The third-order valence-electron chi connectivity index (χ3n) is 3.37. The van der Waals surface area contributed by atoms with E-state index in [1.165, 1.54) is 0 Å². The normalized spacial score (nSPS) is 17.1. The third kappa shape index (κ3) is 3.36. The minimum atomic E-state index is 0.00241. The zero-order valence-electron chi connectivity index (χ0n) is 10.6. The third-order valence-corrected chi connectivity index (χ3v) is 3.79. The highest BCUT2D eigenvalue weighted by Crippen LogP contribution is 2.20. The van der Waals surface area contributed by atoms with Gasteiger partial charge < -0.3 is 14.6 Å². The molecule has 1 aromatic heterocycles. The van der Waals surface area contributed by atoms with E-state index >= 15 is 0 Å². The number of amides is 1. The van der Waals surface area contributed by atoms with Crippen molar-refractivity contribution in [3.05, 3.63) is 22.6 Å². The average molecular weight is 315 g/mol. The first-order valence-corrected chi connectivity index (χ1v) is 7.25. The molecule has 100 valence electrons. The van der Waals surface area contributed by atoms with Crippen LogP contribution in [0.4, 0.5) is 0 Å². The Balaban J connectivity index is 1.84. The summed E-state index contributed by atoms with van der Waals surface area (Å²) in [6.07, 6.45) is 2.14. The van der Waals surface area contributed by atoms with Crippen LogP contribution in [0.1, 0.15) is 30.3 Å². The molecule has 4 nitrogen and oxygen atoms in total. The molecule has 0 bridgehead atoms. The second-order valence-electron chi connectivity index (χ2n) is 4.65. The predicted molar refractivity (Wildman–Crippen MR) is 73.6 cm³/mol. The van der Waals surface area contributed by atoms with E-state index in [2.05, 4.69) is 28.2 Å². The van der Waals surface area contributed by atoms with E-state index in [4.69, 9.17) is 4.42 Å². The molecule has 0 spiro atoms. The Labute approximate surface area is 116 Å². The van der Waals surface area contributed by atoms with Crippen LogP contribution >= 0.6 is 15.9 Å². The number of nitrogens with zero attached hydrogens (tertiary/aromatic N) is 1. The maximum absolute atomic E-state index is 12.1. The highest BCUT2D eigenvalue weighted by Gasteiger charge is 2.24. The molecule has 0 unspecified atom stereocenters. The molecule has 0 radical (unpaired) electrons. The van der Waals surface area contributed by atoms with Gasteiger partial charge in [-0.25, -0.2) is 0 Å². The Morgan fingerprint density at radius 1 is 1.50 bits per heavy atom. The van der Waals surface area contributed by atoms with Crippen molar-refractivity contribution in [1.29, 1.82) is 0 Å². The molecule has 1 aromatic rings. The summed E-state index contributed by atoms with van der Waals surface area (Å²) in [5.41, 5.74) is 0. The number of hydrogen-bond donors (Lipinski definition) is 1. The quantitative estimate of drug-likeness (QED) is 0.928. The SMILES string of the molecule is CCNCC1CCN(C(=O)c2ccc(Br)o2)CC1. The van der Waals surface area contributed by atoms with Gasteiger partial charge in [0.15, 0.2) is 10.4 Å². The molecule has 18 heavy (non-hydrogen) atoms. The van der Waals surface area contributed by atoms with E-state index in [0.717, 1.165) is 39.0 Å². The molecule has 1 N–H and O–H groups in total. The van der Waals surface area contributed by atoms with Crippen molar-refractivity contribution in [2.45, 2.75) is 19.8 Å². The fraction of sp³-hybridized carbons (Fsp3) is 0.615. The summed E-state index contributed by atoms with van der Waals surface area (Å²) in [6, 6.07) is 3.47. The minimum absolute atomic E-state index is 0.00241. The topological polar surface area (TPSA) is 45.5 Å². The molecule has 0 aromatic carbocycles. The molecular weight excluding hydrogens is 296 g/mol. The summed E-state index contributed by atoms with van der Waals surface area (Å²) >= 11 is 3.22. The van der Waals surface area contributed by atoms with Gasteiger partial charge in [-0.3, -0.25) is 4.79 Å². The van der Waals surface area contributed by atoms with Crippen LogP contribution in [0.5, 0.6) is 0 Å². The predicted octanol–water partition coefficient (Wildman–Crippen LogP) is 2.50. The molecule has 1 amide bonds. The molecule has 0 saturated carbocycles. The van der Waals surface area contributed by atoms with Crippen molar-refractivity contribution >= 4 is 21.8 Å². The summed E-state index contributed by atoms with van der Waals surface area (Å²) in [6.45, 7) is 5.85. The fourth-order valence-electron chi connectivity index (χ4n) is 2.27. The first-order valence-electron chi connectivity index (χ1n) is 6.46. The van der Waals surface area contributed by atoms with E-state index in [-0.39, 0.29) is 5.91 Å². The Morgan fingerprint density at radius 3 is 2.78 bits per heavy atom. The standard InChI is InChI=1S/C13H19BrN2O2/c1-2-15-9-10-5-7-16(8-6-10)13(17)11-3-4-12(14)18-11/h3-4,10,15H,2,5-9H2,1H3. The molecule has 1 aliphatic rings. The number of carbonyl (C=O) groups excluding carboxylic acids is 1. The van der Waals surface area contributed by atoms with Crippen LogP contribution < -0.4 is 5.32 Å². The van der Waals surface area contributed by atoms with Crippen LogP contribution in [0.15, 0.2) is 21.2 Å². The smallest absolute Gasteiger partial charge is 0.289 e. The van der Waals surface area contributed by atoms with Gasteiger partial charge in [0.1, 0.15) is 0 Å². The first kappa shape index (κ1) is 13.6. The van der Waals surface area contributed by atoms with Crippen LogP contribution in [0.2, 0.25) is 0 Å². The first-order chi connectivity index (χ1) is 8.70. The van der Waals surface area contributed by atoms with Crippen LogP contribution in [0.25, 0.3) is 0 Å². The average Bonchev–Trinajstić information content (AvgIpc) is 2.83. The van der Waals surface area contributed by atoms with Gasteiger partial charge in [-0.1, -0.05) is 6.92 Å². The highest BCUT2D eigenvalue weighted by atomic mass is 79.9. The lowest BCUT2D eigenvalue weighted by Crippen LogP contribution is -2.40. The number of carbonyl (C=O) groups is 1. The molecule has 0 atom stereocenters. The lowest BCUT2D eigenvalue weighted by Gasteiger charge is -2.31. The molecule has 1 aliphatic heterocycles. The number of furan rings is 1. The summed E-state index contributed by atoms with van der Waals surface area (Å²) in [5.74, 6) is 1.12. The zero-order valence-corrected chi connectivity index (χ0v) is 12.2. The van der Waals surface area contributed by atoms with E-state index in [0.29, 0.717) is 16.3 Å². The monoisotopic (exact) mass is 314 g/mol. The molecule has 2 rings (SSSR count). The van der Waals surface area contributed by atoms with Gasteiger partial charge in [0.25, 0.3) is 5.91 Å². The van der Waals surface area contributed by atoms with Crippen molar-refractivity contribution < 1.29 is 9.21 Å². The van der Waals surface area contributed by atoms with Crippen molar-refractivity contribution in [2.24, 2.45) is 5.92 Å². The minimum Gasteiger partial charge on any atom is -0.444 e. The number of halogens is 1. The van der Waals surface area contributed by atoms with E-state index in [1.54, 1.807) is 12.1 Å². The number of likely N-dealkylation sites (tertiary alicyclic amines) is 1. The number of hydrogen-bond acceptors (Lipinski definition) is 3. The molecule has 1 fully saturated rings. The van der Waals surface area contributed by atoms with Gasteiger partial charge in [-0.15, -0.1) is 0 Å². The number of piperidine rings is 1. The Bertz CT molecular complexity index is 397. The molecule has 0 aliphatic carbocycles. The second-order valence-corrected chi connectivity index (χ2v) is 5.43. The summed E-state index contributed by atoms with van der Waals surface area (Å²) in [7, 11) is 0. The molecule has 1 saturated heterocycles. The van der Waals surface area contributed by atoms with Crippen molar-refractivity contribution in [3.8, 4) is 0 Å². The summed E-state index contributed by atoms with van der Waals surface area (Å²) < 4.78 is 5.91. The Hall–Kier alpha value is -0.810. The van der Waals surface area contributed by atoms with Gasteiger partial charge in [0, 0.05) is 13.1 Å². The summed E-state index contributed by atoms with van der Waals surface area (Å²) in [4.78, 5) is 14.0. The molecule has 5 heteroatoms. The van der Waals surface area contributed by atoms with Crippen molar-refractivity contribution in [3.63, 3.8) is 0 Å². The second kappa shape index (κ2) is 6.38. The number of nitrogens with one attached hydrogen (secondary N) is 1. The van der Waals surface area contributed by atoms with E-state index < -0.39 is 0 Å². The molecule has 2 heterocycles. The Kier molecular flexibility index (Phi) is 4.83. The number of rotatable bonds is 4. The van der Waals surface area contributed by atoms with Gasteiger partial charge in [-0.05, 0) is 59.9 Å². The van der Waals surface area contributed by atoms with Gasteiger partial charge in [0.05, 0.1) is 0 Å². The van der Waals surface area contributed by atoms with Crippen molar-refractivity contribution in [2.75, 3.05) is 26.2 Å². The maximum atomic E-state index is 12.1. The van der Waals surface area contributed by atoms with Crippen LogP contribution in [0.3, 0.4) is 0 Å². The van der Waals surface area contributed by atoms with Crippen LogP contribution in [-0.4, -0.2) is 37.0 Å². The fourth-order valence-corrected chi connectivity index (χ4v) is 2.58. The molecular formula is C13H19BrN2O2. The van der Waals surface area contributed by atoms with Crippen LogP contribution in [-0.2, 0) is 0 Å². The van der Waals surface area contributed by atoms with Gasteiger partial charge in [-0.2, -0.15) is 0 Å². The van der Waals surface area contributed by atoms with Crippen LogP contribution in [0, 0.1) is 5.92 Å². The zero-order chi connectivity index (χ0) is 13.0. The Morgan fingerprint density at radius 2 is 2.22 bits per heavy atom. The summed E-state index contributed by atoms with van der Waals surface area (Å²) in [5, 5.41) is 3.37. The van der Waals surface area contributed by atoms with Crippen molar-refractivity contribution in [1.82, 2.24) is 10.2 Å². The lowest BCUT2D eigenvalue weighted by atomic mass is 9.96. The van der Waals surface area contributed by atoms with Gasteiger partial charge >= 0.3 is 0 Å². The lowest BCUT2D eigenvalue weighted by molar-refractivity contribution is 0.0657. The maximum Gasteiger partial charge on any atom is 0.289 e. The van der Waals surface area contributed by atoms with E-state index in [9.17, 15) is 4.79 Å². The van der Waals surface area contributed by atoms with E-state index in [1.807, 2.05) is 4.90 Å².